The number of thioether (sulfide) groups is 1. The number of amides is 1. The Morgan fingerprint density at radius 1 is 1.21 bits per heavy atom. The molecule has 1 aliphatic heterocycles. The van der Waals surface area contributed by atoms with Gasteiger partial charge in [0.15, 0.2) is 11.6 Å². The predicted molar refractivity (Wildman–Crippen MR) is 89.7 cm³/mol. The van der Waals surface area contributed by atoms with Gasteiger partial charge in [-0.3, -0.25) is 4.79 Å². The van der Waals surface area contributed by atoms with E-state index >= 15 is 0 Å². The van der Waals surface area contributed by atoms with Crippen molar-refractivity contribution < 1.29 is 18.3 Å². The topological polar surface area (TPSA) is 29.5 Å². The Hall–Kier alpha value is -2.08. The van der Waals surface area contributed by atoms with Crippen molar-refractivity contribution in [3.63, 3.8) is 0 Å². The number of benzene rings is 2. The van der Waals surface area contributed by atoms with E-state index in [2.05, 4.69) is 0 Å². The molecule has 2 aromatic rings. The summed E-state index contributed by atoms with van der Waals surface area (Å²) in [6.45, 7) is 2.54. The van der Waals surface area contributed by atoms with Gasteiger partial charge in [0.1, 0.15) is 11.1 Å². The molecule has 1 saturated heterocycles. The lowest BCUT2D eigenvalue weighted by atomic mass is 10.1. The predicted octanol–water partition coefficient (Wildman–Crippen LogP) is 4.14. The molecule has 1 amide bonds. The van der Waals surface area contributed by atoms with Gasteiger partial charge in [-0.1, -0.05) is 24.3 Å². The third kappa shape index (κ3) is 3.38. The largest absolute Gasteiger partial charge is 0.494 e. The zero-order chi connectivity index (χ0) is 17.1. The molecule has 0 aromatic heterocycles. The van der Waals surface area contributed by atoms with Gasteiger partial charge >= 0.3 is 0 Å². The highest BCUT2D eigenvalue weighted by Crippen LogP contribution is 2.40. The first-order valence-electron chi connectivity index (χ1n) is 7.67. The standard InChI is InChI=1S/C18H17F2NO2S/c1-2-23-14-8-6-12(7-9-14)18-21(16(22)11-24-18)10-13-4-3-5-15(19)17(13)20/h3-9,18H,2,10-11H2,1H3. The van der Waals surface area contributed by atoms with Crippen LogP contribution < -0.4 is 4.74 Å². The summed E-state index contributed by atoms with van der Waals surface area (Å²) in [5, 5.41) is -0.212. The molecule has 0 saturated carbocycles. The highest BCUT2D eigenvalue weighted by molar-refractivity contribution is 8.00. The van der Waals surface area contributed by atoms with Crippen molar-refractivity contribution in [1.29, 1.82) is 0 Å². The van der Waals surface area contributed by atoms with Crippen LogP contribution in [-0.2, 0) is 11.3 Å². The molecule has 6 heteroatoms. The van der Waals surface area contributed by atoms with Crippen LogP contribution in [0, 0.1) is 11.6 Å². The van der Waals surface area contributed by atoms with Crippen LogP contribution in [0.3, 0.4) is 0 Å². The van der Waals surface area contributed by atoms with Gasteiger partial charge in [-0.05, 0) is 30.7 Å². The quantitative estimate of drug-likeness (QED) is 0.813. The first kappa shape index (κ1) is 16.8. The molecule has 3 rings (SSSR count). The van der Waals surface area contributed by atoms with Crippen LogP contribution in [-0.4, -0.2) is 23.2 Å². The van der Waals surface area contributed by atoms with Crippen LogP contribution >= 0.6 is 11.8 Å². The van der Waals surface area contributed by atoms with Gasteiger partial charge < -0.3 is 9.64 Å². The summed E-state index contributed by atoms with van der Waals surface area (Å²) < 4.78 is 32.7. The molecular weight excluding hydrogens is 332 g/mol. The average Bonchev–Trinajstić information content (AvgIpc) is 2.94. The second-order valence-corrected chi connectivity index (χ2v) is 6.47. The molecule has 2 aromatic carbocycles. The van der Waals surface area contributed by atoms with E-state index in [0.29, 0.717) is 12.4 Å². The van der Waals surface area contributed by atoms with E-state index < -0.39 is 11.6 Å². The summed E-state index contributed by atoms with van der Waals surface area (Å²) in [5.74, 6) is -0.785. The fourth-order valence-corrected chi connectivity index (χ4v) is 3.84. The minimum Gasteiger partial charge on any atom is -0.494 e. The van der Waals surface area contributed by atoms with Crippen LogP contribution in [0.2, 0.25) is 0 Å². The second-order valence-electron chi connectivity index (χ2n) is 5.40. The molecule has 1 heterocycles. The smallest absolute Gasteiger partial charge is 0.234 e. The monoisotopic (exact) mass is 349 g/mol. The Morgan fingerprint density at radius 2 is 1.96 bits per heavy atom. The van der Waals surface area contributed by atoms with Crippen molar-refractivity contribution in [3.05, 3.63) is 65.2 Å². The molecule has 126 valence electrons. The number of rotatable bonds is 5. The second kappa shape index (κ2) is 7.21. The van der Waals surface area contributed by atoms with Crippen molar-refractivity contribution in [2.24, 2.45) is 0 Å². The molecule has 0 aliphatic carbocycles. The maximum Gasteiger partial charge on any atom is 0.234 e. The van der Waals surface area contributed by atoms with E-state index in [1.807, 2.05) is 31.2 Å². The molecule has 0 N–H and O–H groups in total. The lowest BCUT2D eigenvalue weighted by molar-refractivity contribution is -0.128. The van der Waals surface area contributed by atoms with E-state index in [9.17, 15) is 13.6 Å². The van der Waals surface area contributed by atoms with Crippen molar-refractivity contribution in [2.75, 3.05) is 12.4 Å². The lowest BCUT2D eigenvalue weighted by Crippen LogP contribution is -2.28. The summed E-state index contributed by atoms with van der Waals surface area (Å²) in [6, 6.07) is 11.5. The SMILES string of the molecule is CCOc1ccc(C2SCC(=O)N2Cc2cccc(F)c2F)cc1. The Bertz CT molecular complexity index is 736. The highest BCUT2D eigenvalue weighted by atomic mass is 32.2. The minimum atomic E-state index is -0.899. The molecule has 1 aliphatic rings. The molecule has 3 nitrogen and oxygen atoms in total. The lowest BCUT2D eigenvalue weighted by Gasteiger charge is -2.24. The average molecular weight is 349 g/mol. The molecule has 1 atom stereocenters. The van der Waals surface area contributed by atoms with Gasteiger partial charge in [0.2, 0.25) is 5.91 Å². The number of halogens is 2. The molecule has 0 radical (unpaired) electrons. The maximum absolute atomic E-state index is 13.9. The Labute approximate surface area is 143 Å². The highest BCUT2D eigenvalue weighted by Gasteiger charge is 2.33. The van der Waals surface area contributed by atoms with E-state index in [0.717, 1.165) is 17.4 Å². The first-order chi connectivity index (χ1) is 11.6. The number of carbonyl (C=O) groups is 1. The van der Waals surface area contributed by atoms with E-state index in [-0.39, 0.29) is 23.4 Å². The Balaban J connectivity index is 1.82. The van der Waals surface area contributed by atoms with E-state index in [1.165, 1.54) is 23.9 Å². The van der Waals surface area contributed by atoms with Gasteiger partial charge in [0, 0.05) is 5.56 Å². The van der Waals surface area contributed by atoms with Crippen LogP contribution in [0.5, 0.6) is 5.75 Å². The van der Waals surface area contributed by atoms with Gasteiger partial charge in [0.25, 0.3) is 0 Å². The summed E-state index contributed by atoms with van der Waals surface area (Å²) in [5.41, 5.74) is 1.12. The molecule has 0 bridgehead atoms. The number of carbonyl (C=O) groups excluding carboxylic acids is 1. The Morgan fingerprint density at radius 3 is 2.67 bits per heavy atom. The number of nitrogens with zero attached hydrogens (tertiary/aromatic N) is 1. The fourth-order valence-electron chi connectivity index (χ4n) is 2.65. The molecule has 1 unspecified atom stereocenters. The van der Waals surface area contributed by atoms with Gasteiger partial charge in [0.05, 0.1) is 18.9 Å². The first-order valence-corrected chi connectivity index (χ1v) is 8.71. The van der Waals surface area contributed by atoms with Gasteiger partial charge in [-0.2, -0.15) is 0 Å². The maximum atomic E-state index is 13.9. The Kier molecular flexibility index (Phi) is 5.04. The third-order valence-electron chi connectivity index (χ3n) is 3.82. The number of hydrogen-bond donors (Lipinski definition) is 0. The van der Waals surface area contributed by atoms with Gasteiger partial charge in [-0.15, -0.1) is 11.8 Å². The van der Waals surface area contributed by atoms with Crippen molar-refractivity contribution in [2.45, 2.75) is 18.8 Å². The van der Waals surface area contributed by atoms with E-state index in [1.54, 1.807) is 4.90 Å². The van der Waals surface area contributed by atoms with Crippen LogP contribution in [0.4, 0.5) is 8.78 Å². The summed E-state index contributed by atoms with van der Waals surface area (Å²) in [6.07, 6.45) is 0. The molecule has 24 heavy (non-hydrogen) atoms. The zero-order valence-electron chi connectivity index (χ0n) is 13.2. The van der Waals surface area contributed by atoms with Crippen molar-refractivity contribution in [1.82, 2.24) is 4.90 Å². The summed E-state index contributed by atoms with van der Waals surface area (Å²) in [4.78, 5) is 13.8. The van der Waals surface area contributed by atoms with E-state index in [4.69, 9.17) is 4.74 Å². The third-order valence-corrected chi connectivity index (χ3v) is 5.07. The molecule has 0 spiro atoms. The van der Waals surface area contributed by atoms with Crippen LogP contribution in [0.15, 0.2) is 42.5 Å². The minimum absolute atomic E-state index is 0.0489. The van der Waals surface area contributed by atoms with Gasteiger partial charge in [-0.25, -0.2) is 8.78 Å². The molecular formula is C18H17F2NO2S. The molecule has 1 fully saturated rings. The number of hydrogen-bond acceptors (Lipinski definition) is 3. The van der Waals surface area contributed by atoms with Crippen molar-refractivity contribution >= 4 is 17.7 Å². The zero-order valence-corrected chi connectivity index (χ0v) is 14.0. The van der Waals surface area contributed by atoms with Crippen LogP contribution in [0.1, 0.15) is 23.4 Å². The normalized spacial score (nSPS) is 17.4. The fraction of sp³-hybridized carbons (Fsp3) is 0.278. The van der Waals surface area contributed by atoms with Crippen LogP contribution in [0.25, 0.3) is 0 Å². The summed E-state index contributed by atoms with van der Waals surface area (Å²) >= 11 is 1.48. The van der Waals surface area contributed by atoms with Crippen molar-refractivity contribution in [3.8, 4) is 5.75 Å². The number of ether oxygens (including phenoxy) is 1. The summed E-state index contributed by atoms with van der Waals surface area (Å²) in [7, 11) is 0.